The van der Waals surface area contributed by atoms with Crippen molar-refractivity contribution in [1.82, 2.24) is 4.57 Å². The second kappa shape index (κ2) is 3.14. The summed E-state index contributed by atoms with van der Waals surface area (Å²) in [5.74, 6) is 0.854. The third-order valence-corrected chi connectivity index (χ3v) is 2.13. The Labute approximate surface area is 81.4 Å². The largest absolute Gasteiger partial charge is 0.461 e. The molecule has 0 N–H and O–H groups in total. The van der Waals surface area contributed by atoms with Gasteiger partial charge in [0.25, 0.3) is 0 Å². The Bertz CT molecular complexity index is 435. The Kier molecular flexibility index (Phi) is 1.96. The first-order valence-electron chi connectivity index (χ1n) is 4.29. The summed E-state index contributed by atoms with van der Waals surface area (Å²) in [6.45, 7) is 0. The average molecular weight is 191 g/mol. The Morgan fingerprint density at radius 3 is 2.86 bits per heavy atom. The fourth-order valence-corrected chi connectivity index (χ4v) is 1.43. The van der Waals surface area contributed by atoms with Crippen LogP contribution < -0.4 is 4.57 Å². The average Bonchev–Trinajstić information content (AvgIpc) is 2.75. The number of hydrogen-bond donors (Lipinski definition) is 0. The highest BCUT2D eigenvalue weighted by atomic mass is 16.3. The highest BCUT2D eigenvalue weighted by molar-refractivity contribution is 6.03. The van der Waals surface area contributed by atoms with Crippen molar-refractivity contribution >= 4 is 5.78 Å². The van der Waals surface area contributed by atoms with Crippen LogP contribution >= 0.6 is 0 Å². The summed E-state index contributed by atoms with van der Waals surface area (Å²) in [7, 11) is 3.66. The molecule has 0 bridgehead atoms. The molecule has 4 heteroatoms. The lowest BCUT2D eigenvalue weighted by Crippen LogP contribution is -2.35. The molecule has 0 aliphatic carbocycles. The van der Waals surface area contributed by atoms with Crippen molar-refractivity contribution in [3.63, 3.8) is 0 Å². The van der Waals surface area contributed by atoms with Crippen LogP contribution in [0.4, 0.5) is 0 Å². The second-order valence-corrected chi connectivity index (χ2v) is 3.15. The molecular weight excluding hydrogens is 180 g/mol. The van der Waals surface area contributed by atoms with E-state index in [9.17, 15) is 4.79 Å². The van der Waals surface area contributed by atoms with Gasteiger partial charge in [-0.2, -0.15) is 0 Å². The van der Waals surface area contributed by atoms with Gasteiger partial charge >= 0.3 is 11.6 Å². The van der Waals surface area contributed by atoms with E-state index in [0.29, 0.717) is 11.6 Å². The maximum absolute atomic E-state index is 11.9. The van der Waals surface area contributed by atoms with Gasteiger partial charge in [-0.1, -0.05) is 0 Å². The van der Waals surface area contributed by atoms with Gasteiger partial charge in [-0.05, 0) is 12.1 Å². The van der Waals surface area contributed by atoms with E-state index in [0.717, 1.165) is 0 Å². The van der Waals surface area contributed by atoms with Crippen LogP contribution in [0, 0.1) is 0 Å². The lowest BCUT2D eigenvalue weighted by Gasteiger charge is -1.94. The summed E-state index contributed by atoms with van der Waals surface area (Å²) in [4.78, 5) is 11.9. The number of hydrogen-bond acceptors (Lipinski definition) is 2. The fraction of sp³-hybridized carbons (Fsp3) is 0.200. The fourth-order valence-electron chi connectivity index (χ4n) is 1.43. The molecule has 0 saturated carbocycles. The van der Waals surface area contributed by atoms with Gasteiger partial charge in [0.15, 0.2) is 5.76 Å². The van der Waals surface area contributed by atoms with E-state index in [-0.39, 0.29) is 5.78 Å². The van der Waals surface area contributed by atoms with Crippen LogP contribution in [-0.4, -0.2) is 10.4 Å². The lowest BCUT2D eigenvalue weighted by atomic mass is 10.3. The monoisotopic (exact) mass is 191 g/mol. The van der Waals surface area contributed by atoms with Crippen LogP contribution in [0.15, 0.2) is 35.2 Å². The summed E-state index contributed by atoms with van der Waals surface area (Å²) in [6, 6.07) is 3.37. The number of rotatable bonds is 2. The van der Waals surface area contributed by atoms with Gasteiger partial charge in [0.2, 0.25) is 0 Å². The van der Waals surface area contributed by atoms with E-state index < -0.39 is 0 Å². The Morgan fingerprint density at radius 2 is 2.36 bits per heavy atom. The number of carbonyl (C=O) groups is 1. The zero-order chi connectivity index (χ0) is 10.1. The molecule has 2 aromatic heterocycles. The van der Waals surface area contributed by atoms with Gasteiger partial charge in [0.1, 0.15) is 12.4 Å². The second-order valence-electron chi connectivity index (χ2n) is 3.15. The van der Waals surface area contributed by atoms with Crippen LogP contribution in [0.5, 0.6) is 0 Å². The molecule has 2 rings (SSSR count). The number of aryl methyl sites for hydroxylation is 2. The third kappa shape index (κ3) is 1.25. The molecule has 4 nitrogen and oxygen atoms in total. The summed E-state index contributed by atoms with van der Waals surface area (Å²) < 4.78 is 8.59. The van der Waals surface area contributed by atoms with Crippen LogP contribution in [0.1, 0.15) is 16.4 Å². The van der Waals surface area contributed by atoms with Crippen molar-refractivity contribution in [3.8, 4) is 0 Å². The standard InChI is InChI=1S/C10H11N2O2/c1-11-5-6-12(2)10(11)9(13)8-4-3-7-14-8/h3-7H,1-2H3/q+1. The highest BCUT2D eigenvalue weighted by Gasteiger charge is 2.24. The van der Waals surface area contributed by atoms with E-state index in [4.69, 9.17) is 4.42 Å². The number of nitrogens with zero attached hydrogens (tertiary/aromatic N) is 2. The van der Waals surface area contributed by atoms with E-state index in [1.807, 2.05) is 26.5 Å². The molecule has 2 aromatic rings. The third-order valence-electron chi connectivity index (χ3n) is 2.13. The van der Waals surface area contributed by atoms with Gasteiger partial charge in [0, 0.05) is 0 Å². The highest BCUT2D eigenvalue weighted by Crippen LogP contribution is 2.06. The minimum absolute atomic E-state index is 0.106. The van der Waals surface area contributed by atoms with E-state index in [1.165, 1.54) is 6.26 Å². The molecule has 0 unspecified atom stereocenters. The van der Waals surface area contributed by atoms with E-state index in [1.54, 1.807) is 21.3 Å². The van der Waals surface area contributed by atoms with E-state index >= 15 is 0 Å². The molecule has 0 atom stereocenters. The SMILES string of the molecule is Cn1cc[n+](C)c1C(=O)c1ccco1. The molecule has 0 aromatic carbocycles. The van der Waals surface area contributed by atoms with Crippen LogP contribution in [0.25, 0.3) is 0 Å². The zero-order valence-electron chi connectivity index (χ0n) is 8.10. The molecule has 0 aliphatic rings. The molecule has 0 saturated heterocycles. The van der Waals surface area contributed by atoms with Gasteiger partial charge < -0.3 is 4.42 Å². The number of imidazole rings is 1. The number of ketones is 1. The molecule has 0 spiro atoms. The van der Waals surface area contributed by atoms with Crippen molar-refractivity contribution in [3.05, 3.63) is 42.4 Å². The minimum Gasteiger partial charge on any atom is -0.461 e. The van der Waals surface area contributed by atoms with Crippen molar-refractivity contribution in [1.29, 1.82) is 0 Å². The summed E-state index contributed by atoms with van der Waals surface area (Å²) in [5, 5.41) is 0. The van der Waals surface area contributed by atoms with Crippen LogP contribution in [-0.2, 0) is 14.1 Å². The Balaban J connectivity index is 2.46. The molecule has 0 radical (unpaired) electrons. The topological polar surface area (TPSA) is 39.0 Å². The first-order chi connectivity index (χ1) is 6.70. The van der Waals surface area contributed by atoms with Gasteiger partial charge in [0.05, 0.1) is 20.4 Å². The number of aromatic nitrogens is 2. The molecule has 0 fully saturated rings. The first kappa shape index (κ1) is 8.74. The minimum atomic E-state index is -0.106. The van der Waals surface area contributed by atoms with Crippen molar-refractivity contribution in [2.45, 2.75) is 0 Å². The lowest BCUT2D eigenvalue weighted by molar-refractivity contribution is -0.672. The maximum atomic E-state index is 11.9. The zero-order valence-corrected chi connectivity index (χ0v) is 8.10. The normalized spacial score (nSPS) is 10.4. The predicted octanol–water partition coefficient (Wildman–Crippen LogP) is 0.674. The Morgan fingerprint density at radius 1 is 1.57 bits per heavy atom. The molecule has 2 heterocycles. The van der Waals surface area contributed by atoms with Crippen LogP contribution in [0.3, 0.4) is 0 Å². The van der Waals surface area contributed by atoms with E-state index in [2.05, 4.69) is 0 Å². The predicted molar refractivity (Wildman–Crippen MR) is 48.7 cm³/mol. The molecular formula is C10H11N2O2+. The van der Waals surface area contributed by atoms with Crippen molar-refractivity contribution in [2.24, 2.45) is 14.1 Å². The molecule has 0 amide bonds. The summed E-state index contributed by atoms with van der Waals surface area (Å²) in [5.41, 5.74) is 0. The van der Waals surface area contributed by atoms with Crippen molar-refractivity contribution in [2.75, 3.05) is 0 Å². The maximum Gasteiger partial charge on any atom is 0.333 e. The van der Waals surface area contributed by atoms with Crippen LogP contribution in [0.2, 0.25) is 0 Å². The van der Waals surface area contributed by atoms with Gasteiger partial charge in [-0.25, -0.2) is 9.13 Å². The summed E-state index contributed by atoms with van der Waals surface area (Å²) >= 11 is 0. The van der Waals surface area contributed by atoms with Gasteiger partial charge in [-0.15, -0.1) is 0 Å². The van der Waals surface area contributed by atoms with Gasteiger partial charge in [-0.3, -0.25) is 4.79 Å². The molecule has 14 heavy (non-hydrogen) atoms. The summed E-state index contributed by atoms with van der Waals surface area (Å²) in [6.07, 6.45) is 5.16. The van der Waals surface area contributed by atoms with Crippen molar-refractivity contribution < 1.29 is 13.8 Å². The number of carbonyl (C=O) groups excluding carboxylic acids is 1. The molecule has 0 aliphatic heterocycles. The quantitative estimate of drug-likeness (QED) is 0.517. The number of furan rings is 1. The smallest absolute Gasteiger partial charge is 0.333 e. The first-order valence-corrected chi connectivity index (χ1v) is 4.29. The Hall–Kier alpha value is -1.84. The molecule has 72 valence electrons.